The normalized spacial score (nSPS) is 17.9. The van der Waals surface area contributed by atoms with Crippen LogP contribution in [0.25, 0.3) is 11.4 Å². The number of hydrogen-bond donors (Lipinski definition) is 0. The molecule has 1 saturated carbocycles. The predicted octanol–water partition coefficient (Wildman–Crippen LogP) is 4.29. The summed E-state index contributed by atoms with van der Waals surface area (Å²) in [7, 11) is -3.70. The molecule has 2 aromatic heterocycles. The van der Waals surface area contributed by atoms with Crippen molar-refractivity contribution < 1.29 is 35.2 Å². The average Bonchev–Trinajstić information content (AvgIpc) is 3.63. The molecule has 0 N–H and O–H groups in total. The summed E-state index contributed by atoms with van der Waals surface area (Å²) in [6, 6.07) is 2.88. The Balaban J connectivity index is 1.79. The molecule has 0 bridgehead atoms. The second-order valence-corrected chi connectivity index (χ2v) is 10.3. The van der Waals surface area contributed by atoms with E-state index >= 15 is 0 Å². The number of carbonyl (C=O) groups is 1. The molecule has 0 saturated heterocycles. The van der Waals surface area contributed by atoms with Crippen molar-refractivity contribution in [2.75, 3.05) is 10.7 Å². The van der Waals surface area contributed by atoms with Crippen LogP contribution in [0.4, 0.5) is 27.6 Å². The van der Waals surface area contributed by atoms with E-state index in [0.717, 1.165) is 24.6 Å². The zero-order chi connectivity index (χ0) is 24.1. The number of nitrogens with zero attached hydrogens (tertiary/aromatic N) is 3. The summed E-state index contributed by atoms with van der Waals surface area (Å²) in [5.41, 5.74) is 0.753. The maximum atomic E-state index is 14.4. The minimum Gasteiger partial charge on any atom is -0.274 e. The molecule has 0 aromatic carbocycles. The van der Waals surface area contributed by atoms with Gasteiger partial charge in [-0.25, -0.2) is 21.6 Å². The second kappa shape index (κ2) is 8.30. The number of hydrogen-bond acceptors (Lipinski definition) is 5. The van der Waals surface area contributed by atoms with Crippen LogP contribution in [0.3, 0.4) is 0 Å². The maximum Gasteiger partial charge on any atom is 0.356 e. The molecular formula is C21H20F5N3O3S. The monoisotopic (exact) mass is 489 g/mol. The number of halogens is 5. The molecule has 12 heteroatoms. The summed E-state index contributed by atoms with van der Waals surface area (Å²) in [6.07, 6.45) is -3.93. The third-order valence-electron chi connectivity index (χ3n) is 5.82. The third-order valence-corrected chi connectivity index (χ3v) is 7.56. The first kappa shape index (κ1) is 23.5. The topological polar surface area (TPSA) is 80.2 Å². The summed E-state index contributed by atoms with van der Waals surface area (Å²) in [6.45, 7) is 1.48. The SMILES string of the molecule is CCS(=O)(=O)c1cc(C2CC2)cnc1-c1cc2c(cn1)N(C(F)C(F)(F)C(F)F)C(=O)CC2. The number of fused-ring (bicyclic) bond motifs is 1. The lowest BCUT2D eigenvalue weighted by atomic mass is 10.00. The molecule has 1 amide bonds. The fraction of sp³-hybridized carbons (Fsp3) is 0.476. The number of carbonyl (C=O) groups excluding carboxylic acids is 1. The number of amides is 1. The van der Waals surface area contributed by atoms with Crippen molar-refractivity contribution in [1.82, 2.24) is 9.97 Å². The highest BCUT2D eigenvalue weighted by Crippen LogP contribution is 2.42. The highest BCUT2D eigenvalue weighted by Gasteiger charge is 2.54. The van der Waals surface area contributed by atoms with Crippen LogP contribution in [0.15, 0.2) is 29.4 Å². The van der Waals surface area contributed by atoms with Crippen LogP contribution in [0.5, 0.6) is 0 Å². The van der Waals surface area contributed by atoms with Gasteiger partial charge in [0.1, 0.15) is 5.69 Å². The number of sulfone groups is 1. The molecule has 1 aliphatic carbocycles. The van der Waals surface area contributed by atoms with Crippen molar-refractivity contribution in [2.24, 2.45) is 0 Å². The molecule has 178 valence electrons. The molecule has 33 heavy (non-hydrogen) atoms. The zero-order valence-electron chi connectivity index (χ0n) is 17.4. The first-order valence-corrected chi connectivity index (χ1v) is 12.0. The first-order valence-electron chi connectivity index (χ1n) is 10.3. The number of aromatic nitrogens is 2. The van der Waals surface area contributed by atoms with Crippen molar-refractivity contribution in [1.29, 1.82) is 0 Å². The molecule has 1 unspecified atom stereocenters. The maximum absolute atomic E-state index is 14.4. The third kappa shape index (κ3) is 4.20. The number of aryl methyl sites for hydroxylation is 1. The quantitative estimate of drug-likeness (QED) is 0.428. The van der Waals surface area contributed by atoms with Crippen molar-refractivity contribution in [3.8, 4) is 11.4 Å². The Bertz CT molecular complexity index is 1200. The van der Waals surface area contributed by atoms with Gasteiger partial charge >= 0.3 is 12.3 Å². The molecule has 1 atom stereocenters. The van der Waals surface area contributed by atoms with Gasteiger partial charge in [0, 0.05) is 12.6 Å². The molecule has 1 fully saturated rings. The Kier molecular flexibility index (Phi) is 5.92. The van der Waals surface area contributed by atoms with Gasteiger partial charge in [0.15, 0.2) is 9.84 Å². The van der Waals surface area contributed by atoms with Crippen LogP contribution in [0.2, 0.25) is 0 Å². The summed E-state index contributed by atoms with van der Waals surface area (Å²) in [5, 5.41) is 0. The smallest absolute Gasteiger partial charge is 0.274 e. The van der Waals surface area contributed by atoms with Gasteiger partial charge in [0.05, 0.1) is 28.2 Å². The Hall–Kier alpha value is -2.63. The van der Waals surface area contributed by atoms with Crippen molar-refractivity contribution >= 4 is 21.4 Å². The van der Waals surface area contributed by atoms with Gasteiger partial charge in [-0.2, -0.15) is 8.78 Å². The summed E-state index contributed by atoms with van der Waals surface area (Å²) in [4.78, 5) is 20.4. The van der Waals surface area contributed by atoms with E-state index < -0.39 is 34.4 Å². The molecule has 0 radical (unpaired) electrons. The highest BCUT2D eigenvalue weighted by molar-refractivity contribution is 7.91. The minimum atomic E-state index is -5.08. The van der Waals surface area contributed by atoms with E-state index in [2.05, 4.69) is 9.97 Å². The Labute approximate surface area is 186 Å². The van der Waals surface area contributed by atoms with Gasteiger partial charge in [-0.1, -0.05) is 6.92 Å². The van der Waals surface area contributed by atoms with Crippen molar-refractivity contribution in [3.05, 3.63) is 35.7 Å². The van der Waals surface area contributed by atoms with E-state index in [1.807, 2.05) is 0 Å². The molecule has 2 aliphatic rings. The van der Waals surface area contributed by atoms with E-state index in [4.69, 9.17) is 0 Å². The molecule has 0 spiro atoms. The molecular weight excluding hydrogens is 469 g/mol. The van der Waals surface area contributed by atoms with Gasteiger partial charge in [0.25, 0.3) is 0 Å². The van der Waals surface area contributed by atoms with E-state index in [-0.39, 0.29) is 56.9 Å². The van der Waals surface area contributed by atoms with Crippen LogP contribution < -0.4 is 4.90 Å². The van der Waals surface area contributed by atoms with E-state index in [1.54, 1.807) is 12.3 Å². The number of rotatable bonds is 7. The lowest BCUT2D eigenvalue weighted by Crippen LogP contribution is -2.53. The number of alkyl halides is 5. The van der Waals surface area contributed by atoms with Gasteiger partial charge in [-0.3, -0.25) is 19.7 Å². The van der Waals surface area contributed by atoms with E-state index in [1.165, 1.54) is 13.0 Å². The fourth-order valence-electron chi connectivity index (χ4n) is 3.74. The Morgan fingerprint density at radius 3 is 2.42 bits per heavy atom. The zero-order valence-corrected chi connectivity index (χ0v) is 18.3. The molecule has 3 heterocycles. The largest absolute Gasteiger partial charge is 0.356 e. The van der Waals surface area contributed by atoms with Gasteiger partial charge in [-0.05, 0) is 48.4 Å². The standard InChI is InChI=1S/C21H20F5N3O3S/c1-2-33(31,32)16-8-13(11-3-4-11)9-28-18(16)14-7-12-5-6-17(30)29(15(12)10-27-14)20(24)21(25,26)19(22)23/h7-11,19-20H,2-6H2,1H3. The van der Waals surface area contributed by atoms with Crippen LogP contribution in [0, 0.1) is 0 Å². The van der Waals surface area contributed by atoms with Crippen LogP contribution >= 0.6 is 0 Å². The minimum absolute atomic E-state index is 0.00487. The van der Waals surface area contributed by atoms with Crippen molar-refractivity contribution in [2.45, 2.75) is 62.1 Å². The molecule has 2 aromatic rings. The average molecular weight is 489 g/mol. The van der Waals surface area contributed by atoms with Gasteiger partial charge < -0.3 is 0 Å². The Morgan fingerprint density at radius 1 is 1.12 bits per heavy atom. The van der Waals surface area contributed by atoms with Crippen LogP contribution in [-0.4, -0.2) is 48.7 Å². The number of pyridine rings is 2. The van der Waals surface area contributed by atoms with Gasteiger partial charge in [-0.15, -0.1) is 0 Å². The molecule has 1 aliphatic heterocycles. The highest BCUT2D eigenvalue weighted by atomic mass is 32.2. The van der Waals surface area contributed by atoms with Crippen molar-refractivity contribution in [3.63, 3.8) is 0 Å². The second-order valence-electron chi connectivity index (χ2n) is 8.07. The Morgan fingerprint density at radius 2 is 1.82 bits per heavy atom. The fourth-order valence-corrected chi connectivity index (χ4v) is 4.82. The first-order chi connectivity index (χ1) is 15.5. The predicted molar refractivity (Wildman–Crippen MR) is 109 cm³/mol. The van der Waals surface area contributed by atoms with Crippen LogP contribution in [-0.2, 0) is 21.1 Å². The lowest BCUT2D eigenvalue weighted by molar-refractivity contribution is -0.173. The van der Waals surface area contributed by atoms with Gasteiger partial charge in [0.2, 0.25) is 12.2 Å². The number of anilines is 1. The lowest BCUT2D eigenvalue weighted by Gasteiger charge is -2.34. The summed E-state index contributed by atoms with van der Waals surface area (Å²) < 4.78 is 92.5. The summed E-state index contributed by atoms with van der Waals surface area (Å²) >= 11 is 0. The molecule has 4 rings (SSSR count). The molecule has 6 nitrogen and oxygen atoms in total. The van der Waals surface area contributed by atoms with E-state index in [0.29, 0.717) is 0 Å². The van der Waals surface area contributed by atoms with Crippen LogP contribution in [0.1, 0.15) is 43.2 Å². The van der Waals surface area contributed by atoms with E-state index in [9.17, 15) is 35.2 Å². The summed E-state index contributed by atoms with van der Waals surface area (Å²) in [5.74, 6) is -6.10.